The van der Waals surface area contributed by atoms with E-state index in [4.69, 9.17) is 5.11 Å². The van der Waals surface area contributed by atoms with Gasteiger partial charge in [0.1, 0.15) is 0 Å². The zero-order chi connectivity index (χ0) is 8.32. The smallest absolute Gasteiger partial charge is 0.0448 e. The van der Waals surface area contributed by atoms with Gasteiger partial charge in [-0.05, 0) is 32.2 Å². The predicted molar refractivity (Wildman–Crippen MR) is 46.5 cm³/mol. The van der Waals surface area contributed by atoms with E-state index in [-0.39, 0.29) is 5.54 Å². The molecule has 1 fully saturated rings. The number of aliphatic hydroxyl groups is 1. The molecule has 0 bridgehead atoms. The molecule has 1 aliphatic rings. The first kappa shape index (κ1) is 9.01. The van der Waals surface area contributed by atoms with Crippen LogP contribution in [0.1, 0.15) is 32.6 Å². The highest BCUT2D eigenvalue weighted by Gasteiger charge is 2.37. The minimum atomic E-state index is 0.245. The maximum Gasteiger partial charge on any atom is 0.0448 e. The maximum atomic E-state index is 8.90. The molecule has 1 saturated carbocycles. The first-order valence-corrected chi connectivity index (χ1v) is 4.55. The zero-order valence-corrected chi connectivity index (χ0v) is 7.56. The lowest BCUT2D eigenvalue weighted by atomic mass is 9.85. The number of hydrogen-bond donors (Lipinski definition) is 2. The summed E-state index contributed by atoms with van der Waals surface area (Å²) in [6.07, 6.45) is 4.75. The summed E-state index contributed by atoms with van der Waals surface area (Å²) in [6, 6.07) is 0. The van der Waals surface area contributed by atoms with Crippen LogP contribution in [0.3, 0.4) is 0 Å². The molecule has 66 valence electrons. The average Bonchev–Trinajstić information content (AvgIpc) is 2.35. The molecule has 11 heavy (non-hydrogen) atoms. The molecule has 2 nitrogen and oxygen atoms in total. The van der Waals surface area contributed by atoms with Crippen LogP contribution in [0.15, 0.2) is 0 Å². The molecule has 0 radical (unpaired) electrons. The van der Waals surface area contributed by atoms with Crippen LogP contribution in [0.2, 0.25) is 0 Å². The van der Waals surface area contributed by atoms with Crippen molar-refractivity contribution in [1.82, 2.24) is 5.32 Å². The number of rotatable bonds is 3. The van der Waals surface area contributed by atoms with E-state index in [2.05, 4.69) is 12.2 Å². The topological polar surface area (TPSA) is 32.3 Å². The Labute approximate surface area is 69.0 Å². The van der Waals surface area contributed by atoms with Crippen LogP contribution in [0.5, 0.6) is 0 Å². The van der Waals surface area contributed by atoms with Crippen LogP contribution in [-0.4, -0.2) is 24.3 Å². The third-order valence-electron chi connectivity index (χ3n) is 3.26. The van der Waals surface area contributed by atoms with Crippen LogP contribution in [0, 0.1) is 5.92 Å². The first-order chi connectivity index (χ1) is 5.25. The summed E-state index contributed by atoms with van der Waals surface area (Å²) in [5.41, 5.74) is 0.245. The van der Waals surface area contributed by atoms with E-state index < -0.39 is 0 Å². The van der Waals surface area contributed by atoms with Gasteiger partial charge in [0, 0.05) is 12.1 Å². The fourth-order valence-electron chi connectivity index (χ4n) is 2.31. The van der Waals surface area contributed by atoms with Crippen LogP contribution >= 0.6 is 0 Å². The van der Waals surface area contributed by atoms with Crippen molar-refractivity contribution in [1.29, 1.82) is 0 Å². The molecule has 0 amide bonds. The molecule has 0 aliphatic heterocycles. The lowest BCUT2D eigenvalue weighted by Crippen LogP contribution is -2.45. The highest BCUT2D eigenvalue weighted by Crippen LogP contribution is 2.37. The Morgan fingerprint density at radius 1 is 1.64 bits per heavy atom. The van der Waals surface area contributed by atoms with E-state index in [0.717, 1.165) is 12.3 Å². The van der Waals surface area contributed by atoms with Gasteiger partial charge in [-0.1, -0.05) is 13.3 Å². The van der Waals surface area contributed by atoms with Crippen molar-refractivity contribution in [2.45, 2.75) is 38.1 Å². The molecule has 0 spiro atoms. The molecule has 0 saturated heterocycles. The van der Waals surface area contributed by atoms with Gasteiger partial charge in [-0.15, -0.1) is 0 Å². The lowest BCUT2D eigenvalue weighted by molar-refractivity contribution is 0.186. The van der Waals surface area contributed by atoms with Gasteiger partial charge in [-0.3, -0.25) is 0 Å². The van der Waals surface area contributed by atoms with Crippen molar-refractivity contribution in [2.24, 2.45) is 5.92 Å². The van der Waals surface area contributed by atoms with Crippen molar-refractivity contribution in [2.75, 3.05) is 13.7 Å². The van der Waals surface area contributed by atoms with E-state index in [1.54, 1.807) is 0 Å². The Kier molecular flexibility index (Phi) is 2.90. The molecule has 0 aromatic heterocycles. The molecule has 2 N–H and O–H groups in total. The standard InChI is InChI=1S/C9H19NO/c1-8-4-3-5-9(8,10-2)6-7-11/h8,10-11H,3-7H2,1-2H3. The molecule has 2 heteroatoms. The van der Waals surface area contributed by atoms with Gasteiger partial charge in [0.05, 0.1) is 0 Å². The Hall–Kier alpha value is -0.0800. The molecule has 1 aliphatic carbocycles. The first-order valence-electron chi connectivity index (χ1n) is 4.55. The lowest BCUT2D eigenvalue weighted by Gasteiger charge is -2.33. The van der Waals surface area contributed by atoms with Crippen molar-refractivity contribution in [3.63, 3.8) is 0 Å². The van der Waals surface area contributed by atoms with Gasteiger partial charge >= 0.3 is 0 Å². The molecule has 2 atom stereocenters. The van der Waals surface area contributed by atoms with Crippen LogP contribution in [-0.2, 0) is 0 Å². The molecule has 0 aromatic rings. The largest absolute Gasteiger partial charge is 0.396 e. The summed E-state index contributed by atoms with van der Waals surface area (Å²) < 4.78 is 0. The maximum absolute atomic E-state index is 8.90. The molecular weight excluding hydrogens is 138 g/mol. The average molecular weight is 157 g/mol. The third-order valence-corrected chi connectivity index (χ3v) is 3.26. The Morgan fingerprint density at radius 2 is 2.36 bits per heavy atom. The van der Waals surface area contributed by atoms with Crippen molar-refractivity contribution >= 4 is 0 Å². The Bertz CT molecular complexity index is 127. The monoisotopic (exact) mass is 157 g/mol. The number of hydrogen-bond acceptors (Lipinski definition) is 2. The molecule has 0 heterocycles. The fourth-order valence-corrected chi connectivity index (χ4v) is 2.31. The predicted octanol–water partition coefficient (Wildman–Crippen LogP) is 1.15. The van der Waals surface area contributed by atoms with Gasteiger partial charge in [0.15, 0.2) is 0 Å². The minimum Gasteiger partial charge on any atom is -0.396 e. The van der Waals surface area contributed by atoms with E-state index >= 15 is 0 Å². The van der Waals surface area contributed by atoms with Crippen molar-refractivity contribution < 1.29 is 5.11 Å². The molecule has 1 rings (SSSR count). The van der Waals surface area contributed by atoms with Crippen molar-refractivity contribution in [3.8, 4) is 0 Å². The van der Waals surface area contributed by atoms with E-state index in [1.807, 2.05) is 7.05 Å². The second-order valence-electron chi connectivity index (χ2n) is 3.67. The normalized spacial score (nSPS) is 37.9. The number of nitrogens with one attached hydrogen (secondary N) is 1. The molecule has 2 unspecified atom stereocenters. The van der Waals surface area contributed by atoms with Crippen LogP contribution in [0.25, 0.3) is 0 Å². The molecule has 0 aromatic carbocycles. The van der Waals surface area contributed by atoms with Gasteiger partial charge < -0.3 is 10.4 Å². The SMILES string of the molecule is CNC1(CCO)CCCC1C. The highest BCUT2D eigenvalue weighted by atomic mass is 16.3. The third kappa shape index (κ3) is 1.57. The summed E-state index contributed by atoms with van der Waals surface area (Å²) >= 11 is 0. The summed E-state index contributed by atoms with van der Waals surface area (Å²) in [7, 11) is 2.01. The second-order valence-corrected chi connectivity index (χ2v) is 3.67. The zero-order valence-electron chi connectivity index (χ0n) is 7.56. The Balaban J connectivity index is 2.57. The minimum absolute atomic E-state index is 0.245. The highest BCUT2D eigenvalue weighted by molar-refractivity contribution is 4.96. The van der Waals surface area contributed by atoms with Gasteiger partial charge in [-0.25, -0.2) is 0 Å². The summed E-state index contributed by atoms with van der Waals surface area (Å²) in [5, 5.41) is 12.3. The number of aliphatic hydroxyl groups excluding tert-OH is 1. The van der Waals surface area contributed by atoms with E-state index in [0.29, 0.717) is 6.61 Å². The Morgan fingerprint density at radius 3 is 2.73 bits per heavy atom. The summed E-state index contributed by atoms with van der Waals surface area (Å²) in [4.78, 5) is 0. The van der Waals surface area contributed by atoms with Crippen LogP contribution < -0.4 is 5.32 Å². The molecular formula is C9H19NO. The van der Waals surface area contributed by atoms with E-state index in [1.165, 1.54) is 19.3 Å². The summed E-state index contributed by atoms with van der Waals surface area (Å²) in [5.74, 6) is 0.722. The summed E-state index contributed by atoms with van der Waals surface area (Å²) in [6.45, 7) is 2.59. The van der Waals surface area contributed by atoms with E-state index in [9.17, 15) is 0 Å². The van der Waals surface area contributed by atoms with Gasteiger partial charge in [0.25, 0.3) is 0 Å². The van der Waals surface area contributed by atoms with Crippen LogP contribution in [0.4, 0.5) is 0 Å². The second kappa shape index (κ2) is 3.55. The quantitative estimate of drug-likeness (QED) is 0.644. The fraction of sp³-hybridized carbons (Fsp3) is 1.00. The van der Waals surface area contributed by atoms with Gasteiger partial charge in [-0.2, -0.15) is 0 Å². The van der Waals surface area contributed by atoms with Crippen molar-refractivity contribution in [3.05, 3.63) is 0 Å². The van der Waals surface area contributed by atoms with Gasteiger partial charge in [0.2, 0.25) is 0 Å².